The van der Waals surface area contributed by atoms with Crippen molar-refractivity contribution >= 4 is 22.7 Å². The fraction of sp³-hybridized carbons (Fsp3) is 0.364. The summed E-state index contributed by atoms with van der Waals surface area (Å²) in [7, 11) is 0. The summed E-state index contributed by atoms with van der Waals surface area (Å²) in [6.07, 6.45) is 10.8. The lowest BCUT2D eigenvalue weighted by molar-refractivity contribution is -0.144. The average molecular weight is 714 g/mol. The van der Waals surface area contributed by atoms with E-state index in [2.05, 4.69) is 68.7 Å². The number of aliphatic hydroxyl groups excluding tert-OH is 1. The van der Waals surface area contributed by atoms with Gasteiger partial charge in [-0.25, -0.2) is 0 Å². The van der Waals surface area contributed by atoms with E-state index in [9.17, 15) is 14.7 Å². The van der Waals surface area contributed by atoms with Gasteiger partial charge in [-0.3, -0.25) is 24.5 Å². The van der Waals surface area contributed by atoms with Gasteiger partial charge < -0.3 is 20.1 Å². The lowest BCUT2D eigenvalue weighted by atomic mass is 9.98. The van der Waals surface area contributed by atoms with Gasteiger partial charge in [0.1, 0.15) is 24.5 Å². The maximum absolute atomic E-state index is 14.3. The Morgan fingerprint density at radius 1 is 0.792 bits per heavy atom. The summed E-state index contributed by atoms with van der Waals surface area (Å²) in [5.74, 6) is 0.483. The van der Waals surface area contributed by atoms with Crippen LogP contribution in [-0.4, -0.2) is 87.7 Å². The lowest BCUT2D eigenvalue weighted by Crippen LogP contribution is -2.62. The fourth-order valence-corrected chi connectivity index (χ4v) is 7.19. The molecule has 9 heteroatoms. The number of aromatic nitrogens is 2. The molecule has 1 saturated heterocycles. The van der Waals surface area contributed by atoms with Crippen molar-refractivity contribution in [1.82, 2.24) is 25.1 Å². The van der Waals surface area contributed by atoms with Gasteiger partial charge in [-0.05, 0) is 92.0 Å². The average Bonchev–Trinajstić information content (AvgIpc) is 3.20. The Kier molecular flexibility index (Phi) is 13.9. The molecule has 1 fully saturated rings. The molecule has 9 nitrogen and oxygen atoms in total. The summed E-state index contributed by atoms with van der Waals surface area (Å²) in [6.45, 7) is 1.71. The molecule has 0 spiro atoms. The van der Waals surface area contributed by atoms with Crippen molar-refractivity contribution in [3.05, 3.63) is 138 Å². The second-order valence-corrected chi connectivity index (χ2v) is 14.0. The highest BCUT2D eigenvalue weighted by atomic mass is 16.5. The molecule has 1 aliphatic heterocycles. The Morgan fingerprint density at radius 2 is 1.49 bits per heavy atom. The molecule has 1 aliphatic rings. The fourth-order valence-electron chi connectivity index (χ4n) is 7.19. The minimum absolute atomic E-state index is 0.0215. The first-order valence-corrected chi connectivity index (χ1v) is 19.0. The number of amides is 2. The Hall–Kier alpha value is -5.12. The molecule has 0 saturated carbocycles. The molecule has 0 aliphatic carbocycles. The van der Waals surface area contributed by atoms with Crippen LogP contribution in [0.1, 0.15) is 48.8 Å². The summed E-state index contributed by atoms with van der Waals surface area (Å²) in [6, 6.07) is 33.6. The number of nitrogens with one attached hydrogen (secondary N) is 1. The zero-order valence-corrected chi connectivity index (χ0v) is 30.4. The first kappa shape index (κ1) is 37.6. The number of piperazine rings is 1. The normalized spacial score (nSPS) is 15.4. The van der Waals surface area contributed by atoms with E-state index in [0.29, 0.717) is 44.8 Å². The summed E-state index contributed by atoms with van der Waals surface area (Å²) < 4.78 is 6.06. The van der Waals surface area contributed by atoms with Crippen LogP contribution >= 0.6 is 0 Å². The van der Waals surface area contributed by atoms with Gasteiger partial charge in [0.15, 0.2) is 0 Å². The molecule has 276 valence electrons. The second-order valence-electron chi connectivity index (χ2n) is 14.0. The Bertz CT molecular complexity index is 1810. The van der Waals surface area contributed by atoms with Gasteiger partial charge >= 0.3 is 0 Å². The summed E-state index contributed by atoms with van der Waals surface area (Å²) >= 11 is 0. The highest BCUT2D eigenvalue weighted by molar-refractivity contribution is 5.88. The van der Waals surface area contributed by atoms with Crippen LogP contribution in [0.15, 0.2) is 122 Å². The van der Waals surface area contributed by atoms with E-state index in [0.717, 1.165) is 55.0 Å². The molecule has 0 bridgehead atoms. The van der Waals surface area contributed by atoms with Crippen LogP contribution in [0.5, 0.6) is 5.75 Å². The maximum atomic E-state index is 14.3. The number of nitrogens with zero attached hydrogens (tertiary/aromatic N) is 4. The number of pyridine rings is 2. The van der Waals surface area contributed by atoms with Crippen molar-refractivity contribution in [2.24, 2.45) is 0 Å². The Balaban J connectivity index is 1.11. The number of fused-ring (bicyclic) bond motifs is 1. The quantitative estimate of drug-likeness (QED) is 0.114. The van der Waals surface area contributed by atoms with Crippen LogP contribution in [0.4, 0.5) is 0 Å². The minimum Gasteiger partial charge on any atom is -0.490 e. The minimum atomic E-state index is -0.790. The molecule has 2 atom stereocenters. The molecule has 3 aromatic carbocycles. The van der Waals surface area contributed by atoms with E-state index < -0.39 is 12.1 Å². The van der Waals surface area contributed by atoms with Crippen LogP contribution in [0, 0.1) is 0 Å². The third kappa shape index (κ3) is 11.4. The number of ether oxygens (including phenoxy) is 1. The van der Waals surface area contributed by atoms with Gasteiger partial charge in [0.25, 0.3) is 0 Å². The first-order chi connectivity index (χ1) is 26.0. The van der Waals surface area contributed by atoms with E-state index >= 15 is 0 Å². The zero-order valence-electron chi connectivity index (χ0n) is 30.4. The number of hydrogen-bond donors (Lipinski definition) is 2. The van der Waals surface area contributed by atoms with Crippen molar-refractivity contribution in [2.45, 2.75) is 69.6 Å². The van der Waals surface area contributed by atoms with E-state index in [4.69, 9.17) is 4.74 Å². The van der Waals surface area contributed by atoms with Crippen LogP contribution in [0.2, 0.25) is 0 Å². The number of rotatable bonds is 18. The van der Waals surface area contributed by atoms with Gasteiger partial charge in [-0.1, -0.05) is 72.8 Å². The molecule has 6 rings (SSSR count). The first-order valence-electron chi connectivity index (χ1n) is 19.0. The highest BCUT2D eigenvalue weighted by Crippen LogP contribution is 2.24. The number of β-amino-alcohol motifs (C(OH)–C–C–N with tert-alkyl or cyclic N) is 1. The number of benzene rings is 3. The molecular formula is C44H51N5O4. The van der Waals surface area contributed by atoms with Gasteiger partial charge in [0, 0.05) is 62.6 Å². The molecule has 2 aromatic heterocycles. The SMILES string of the molecule is O=C(NC(CCCc1ccccc1)CCCc1ccccc1)C1CN(C[C@H](O)COc2cccc3ncccc23)CCN1C(=O)CCc1cccnc1. The predicted molar refractivity (Wildman–Crippen MR) is 208 cm³/mol. The van der Waals surface area contributed by atoms with Gasteiger partial charge in [-0.15, -0.1) is 0 Å². The van der Waals surface area contributed by atoms with E-state index in [-0.39, 0.29) is 24.5 Å². The van der Waals surface area contributed by atoms with E-state index in [1.165, 1.54) is 11.1 Å². The second kappa shape index (κ2) is 19.6. The number of carbonyl (C=O) groups is 2. The van der Waals surface area contributed by atoms with Crippen LogP contribution in [0.3, 0.4) is 0 Å². The zero-order chi connectivity index (χ0) is 36.7. The standard InChI is InChI=1S/C44H51N5O4/c50-38(33-53-42-23-9-22-40-39(42)21-11-27-46-40)31-48-28-29-49(43(51)25-24-36-18-10-26-45-30-36)41(32-48)44(52)47-37(19-7-16-34-12-3-1-4-13-34)20-8-17-35-14-5-2-6-15-35/h1-6,9-15,18,21-23,26-27,30,37-38,41,50H,7-8,16-17,19-20,24-25,28-29,31-33H2,(H,47,52)/t38-,41?/m0/s1. The molecule has 5 aromatic rings. The van der Waals surface area contributed by atoms with E-state index in [1.807, 2.05) is 54.6 Å². The summed E-state index contributed by atoms with van der Waals surface area (Å²) in [5.41, 5.74) is 4.39. The number of hydrogen-bond acceptors (Lipinski definition) is 7. The maximum Gasteiger partial charge on any atom is 0.244 e. The number of aryl methyl sites for hydroxylation is 3. The highest BCUT2D eigenvalue weighted by Gasteiger charge is 2.36. The summed E-state index contributed by atoms with van der Waals surface area (Å²) in [4.78, 5) is 40.5. The largest absolute Gasteiger partial charge is 0.490 e. The lowest BCUT2D eigenvalue weighted by Gasteiger charge is -2.41. The molecule has 2 amide bonds. The molecule has 3 heterocycles. The van der Waals surface area contributed by atoms with Crippen molar-refractivity contribution in [1.29, 1.82) is 0 Å². The molecule has 2 N–H and O–H groups in total. The van der Waals surface area contributed by atoms with Gasteiger partial charge in [0.2, 0.25) is 11.8 Å². The Labute approximate surface area is 313 Å². The van der Waals surface area contributed by atoms with Gasteiger partial charge in [0.05, 0.1) is 5.52 Å². The van der Waals surface area contributed by atoms with Crippen molar-refractivity contribution < 1.29 is 19.4 Å². The van der Waals surface area contributed by atoms with Crippen LogP contribution < -0.4 is 10.1 Å². The van der Waals surface area contributed by atoms with Gasteiger partial charge in [-0.2, -0.15) is 0 Å². The van der Waals surface area contributed by atoms with Crippen molar-refractivity contribution in [3.8, 4) is 5.75 Å². The van der Waals surface area contributed by atoms with E-state index in [1.54, 1.807) is 23.5 Å². The summed E-state index contributed by atoms with van der Waals surface area (Å²) in [5, 5.41) is 15.4. The number of carbonyl (C=O) groups excluding carboxylic acids is 2. The Morgan fingerprint density at radius 3 is 2.19 bits per heavy atom. The van der Waals surface area contributed by atoms with Crippen LogP contribution in [-0.2, 0) is 28.9 Å². The molecule has 53 heavy (non-hydrogen) atoms. The van der Waals surface area contributed by atoms with Crippen LogP contribution in [0.25, 0.3) is 10.9 Å². The van der Waals surface area contributed by atoms with Crippen molar-refractivity contribution in [2.75, 3.05) is 32.8 Å². The monoisotopic (exact) mass is 713 g/mol. The van der Waals surface area contributed by atoms with Crippen molar-refractivity contribution in [3.63, 3.8) is 0 Å². The topological polar surface area (TPSA) is 108 Å². The smallest absolute Gasteiger partial charge is 0.244 e. The molecule has 1 unspecified atom stereocenters. The predicted octanol–water partition coefficient (Wildman–Crippen LogP) is 6.05. The number of aliphatic hydroxyl groups is 1. The molecule has 0 radical (unpaired) electrons. The third-order valence-corrected chi connectivity index (χ3v) is 10.0. The third-order valence-electron chi connectivity index (χ3n) is 10.0. The molecular weight excluding hydrogens is 663 g/mol.